The van der Waals surface area contributed by atoms with Crippen LogP contribution in [-0.4, -0.2) is 22.2 Å². The Morgan fingerprint density at radius 2 is 1.17 bits per heavy atom. The van der Waals surface area contributed by atoms with Gasteiger partial charge in [0.1, 0.15) is 10.1 Å². The Morgan fingerprint density at radius 1 is 0.917 bits per heavy atom. The Balaban J connectivity index is 4.48. The summed E-state index contributed by atoms with van der Waals surface area (Å²) < 4.78 is 0. The molecule has 0 fully saturated rings. The molecule has 0 radical (unpaired) electrons. The van der Waals surface area contributed by atoms with Crippen molar-refractivity contribution in [2.24, 2.45) is 0 Å². The van der Waals surface area contributed by atoms with E-state index in [-0.39, 0.29) is 0 Å². The molecule has 0 heterocycles. The van der Waals surface area contributed by atoms with E-state index in [2.05, 4.69) is 0 Å². The Bertz CT molecular complexity index is 239. The molecule has 0 saturated heterocycles. The van der Waals surface area contributed by atoms with E-state index in [9.17, 15) is 9.59 Å². The van der Waals surface area contributed by atoms with Gasteiger partial charge in [0.25, 0.3) is 0 Å². The SMILES string of the molecule is O=C(O)C(Cl)=CC=C(Cl)C(=O)O. The van der Waals surface area contributed by atoms with Gasteiger partial charge in [-0.1, -0.05) is 23.2 Å². The van der Waals surface area contributed by atoms with Crippen molar-refractivity contribution in [3.05, 3.63) is 22.2 Å². The summed E-state index contributed by atoms with van der Waals surface area (Å²) in [6.07, 6.45) is 1.78. The number of aliphatic carboxylic acids is 2. The van der Waals surface area contributed by atoms with Crippen molar-refractivity contribution in [2.75, 3.05) is 0 Å². The summed E-state index contributed by atoms with van der Waals surface area (Å²) in [5.74, 6) is -2.69. The van der Waals surface area contributed by atoms with Gasteiger partial charge in [-0.25, -0.2) is 9.59 Å². The first kappa shape index (κ1) is 11.0. The first-order valence-electron chi connectivity index (χ1n) is 2.64. The minimum absolute atomic E-state index is 0.505. The lowest BCUT2D eigenvalue weighted by molar-refractivity contribution is -0.133. The minimum Gasteiger partial charge on any atom is -0.477 e. The van der Waals surface area contributed by atoms with E-state index in [1.807, 2.05) is 0 Å². The first-order valence-corrected chi connectivity index (χ1v) is 3.40. The maximum absolute atomic E-state index is 10.1. The summed E-state index contributed by atoms with van der Waals surface area (Å²) in [4.78, 5) is 20.1. The van der Waals surface area contributed by atoms with Crippen molar-refractivity contribution in [3.63, 3.8) is 0 Å². The van der Waals surface area contributed by atoms with E-state index < -0.39 is 22.0 Å². The molecule has 0 aliphatic rings. The number of carboxylic acids is 2. The molecule has 6 heteroatoms. The van der Waals surface area contributed by atoms with E-state index in [4.69, 9.17) is 33.4 Å². The first-order chi connectivity index (χ1) is 5.45. The molecule has 0 atom stereocenters. The molecular weight excluding hydrogens is 207 g/mol. The largest absolute Gasteiger partial charge is 0.477 e. The fourth-order valence-corrected chi connectivity index (χ4v) is 0.415. The van der Waals surface area contributed by atoms with Crippen molar-refractivity contribution in [1.29, 1.82) is 0 Å². The Labute approximate surface area is 77.7 Å². The lowest BCUT2D eigenvalue weighted by atomic mass is 10.4. The number of carbonyl (C=O) groups is 2. The molecule has 0 aromatic rings. The zero-order chi connectivity index (χ0) is 9.72. The van der Waals surface area contributed by atoms with Crippen LogP contribution in [0.2, 0.25) is 0 Å². The number of hydrogen-bond acceptors (Lipinski definition) is 2. The van der Waals surface area contributed by atoms with Gasteiger partial charge in [-0.05, 0) is 12.2 Å². The van der Waals surface area contributed by atoms with Gasteiger partial charge in [0, 0.05) is 0 Å². The minimum atomic E-state index is -1.34. The summed E-state index contributed by atoms with van der Waals surface area (Å²) in [6.45, 7) is 0. The van der Waals surface area contributed by atoms with Gasteiger partial charge in [0.05, 0.1) is 0 Å². The number of halogens is 2. The van der Waals surface area contributed by atoms with Gasteiger partial charge in [-0.3, -0.25) is 0 Å². The van der Waals surface area contributed by atoms with Gasteiger partial charge in [-0.15, -0.1) is 0 Å². The second-order valence-corrected chi connectivity index (χ2v) is 2.45. The molecule has 0 aliphatic heterocycles. The van der Waals surface area contributed by atoms with E-state index in [1.165, 1.54) is 0 Å². The number of rotatable bonds is 3. The third kappa shape index (κ3) is 4.00. The maximum Gasteiger partial charge on any atom is 0.347 e. The molecule has 2 N–H and O–H groups in total. The average Bonchev–Trinajstić information content (AvgIpc) is 1.98. The van der Waals surface area contributed by atoms with Crippen molar-refractivity contribution in [3.8, 4) is 0 Å². The zero-order valence-electron chi connectivity index (χ0n) is 5.62. The molecule has 66 valence electrons. The highest BCUT2D eigenvalue weighted by Gasteiger charge is 2.03. The van der Waals surface area contributed by atoms with Crippen LogP contribution in [-0.2, 0) is 9.59 Å². The molecule has 0 spiro atoms. The molecular formula is C6H4Cl2O4. The van der Waals surface area contributed by atoms with Crippen LogP contribution in [0.15, 0.2) is 22.2 Å². The third-order valence-electron chi connectivity index (χ3n) is 0.785. The van der Waals surface area contributed by atoms with Crippen LogP contribution in [0.1, 0.15) is 0 Å². The molecule has 0 saturated carbocycles. The van der Waals surface area contributed by atoms with Crippen LogP contribution in [0.3, 0.4) is 0 Å². The summed E-state index contributed by atoms with van der Waals surface area (Å²) >= 11 is 10.3. The second-order valence-electron chi connectivity index (χ2n) is 1.64. The number of allylic oxidation sites excluding steroid dienone is 2. The molecule has 0 rings (SSSR count). The van der Waals surface area contributed by atoms with Crippen molar-refractivity contribution in [1.82, 2.24) is 0 Å². The van der Waals surface area contributed by atoms with Gasteiger partial charge in [0.15, 0.2) is 0 Å². The molecule has 0 amide bonds. The van der Waals surface area contributed by atoms with Gasteiger partial charge in [-0.2, -0.15) is 0 Å². The van der Waals surface area contributed by atoms with E-state index in [0.717, 1.165) is 12.2 Å². The summed E-state index contributed by atoms with van der Waals surface area (Å²) in [6, 6.07) is 0. The normalized spacial score (nSPS) is 12.8. The molecule has 0 unspecified atom stereocenters. The highest BCUT2D eigenvalue weighted by molar-refractivity contribution is 6.42. The summed E-state index contributed by atoms with van der Waals surface area (Å²) in [5.41, 5.74) is 0. The van der Waals surface area contributed by atoms with Crippen LogP contribution >= 0.6 is 23.2 Å². The van der Waals surface area contributed by atoms with Crippen LogP contribution in [0.4, 0.5) is 0 Å². The second kappa shape index (κ2) is 4.79. The van der Waals surface area contributed by atoms with Crippen molar-refractivity contribution < 1.29 is 19.8 Å². The lowest BCUT2D eigenvalue weighted by Crippen LogP contribution is -1.95. The molecule has 4 nitrogen and oxygen atoms in total. The molecule has 0 aliphatic carbocycles. The van der Waals surface area contributed by atoms with Crippen molar-refractivity contribution in [2.45, 2.75) is 0 Å². The molecule has 0 aromatic heterocycles. The predicted octanol–water partition coefficient (Wildman–Crippen LogP) is 1.40. The Morgan fingerprint density at radius 3 is 1.33 bits per heavy atom. The van der Waals surface area contributed by atoms with Gasteiger partial charge >= 0.3 is 11.9 Å². The van der Waals surface area contributed by atoms with Crippen LogP contribution in [0.5, 0.6) is 0 Å². The fraction of sp³-hybridized carbons (Fsp3) is 0. The quantitative estimate of drug-likeness (QED) is 0.546. The van der Waals surface area contributed by atoms with E-state index in [0.29, 0.717) is 0 Å². The standard InChI is InChI=1S/C6H4Cl2O4/c7-3(5(9)10)1-2-4(8)6(11)12/h1-2H,(H,9,10)(H,11,12). The van der Waals surface area contributed by atoms with Crippen LogP contribution in [0, 0.1) is 0 Å². The van der Waals surface area contributed by atoms with E-state index in [1.54, 1.807) is 0 Å². The van der Waals surface area contributed by atoms with E-state index >= 15 is 0 Å². The molecule has 12 heavy (non-hydrogen) atoms. The molecule has 0 aromatic carbocycles. The number of carboxylic acid groups (broad SMARTS) is 2. The topological polar surface area (TPSA) is 74.6 Å². The predicted molar refractivity (Wildman–Crippen MR) is 43.1 cm³/mol. The van der Waals surface area contributed by atoms with Gasteiger partial charge < -0.3 is 10.2 Å². The fourth-order valence-electron chi connectivity index (χ4n) is 0.289. The smallest absolute Gasteiger partial charge is 0.347 e. The average molecular weight is 211 g/mol. The maximum atomic E-state index is 10.1. The number of hydrogen-bond donors (Lipinski definition) is 2. The van der Waals surface area contributed by atoms with Crippen LogP contribution < -0.4 is 0 Å². The zero-order valence-corrected chi connectivity index (χ0v) is 7.13. The monoisotopic (exact) mass is 210 g/mol. The summed E-state index contributed by atoms with van der Waals surface area (Å²) in [5, 5.41) is 15.4. The Kier molecular flexibility index (Phi) is 4.39. The highest BCUT2D eigenvalue weighted by atomic mass is 35.5. The Hall–Kier alpha value is -1.00. The molecule has 0 bridgehead atoms. The van der Waals surface area contributed by atoms with Crippen LogP contribution in [0.25, 0.3) is 0 Å². The lowest BCUT2D eigenvalue weighted by Gasteiger charge is -1.87. The van der Waals surface area contributed by atoms with Crippen molar-refractivity contribution >= 4 is 35.1 Å². The summed E-state index contributed by atoms with van der Waals surface area (Å²) in [7, 11) is 0. The third-order valence-corrected chi connectivity index (χ3v) is 1.36. The van der Waals surface area contributed by atoms with Gasteiger partial charge in [0.2, 0.25) is 0 Å². The highest BCUT2D eigenvalue weighted by Crippen LogP contribution is 2.06.